The molecule has 26 heavy (non-hydrogen) atoms. The van der Waals surface area contributed by atoms with Crippen molar-refractivity contribution < 1.29 is 18.3 Å². The van der Waals surface area contributed by atoms with E-state index in [9.17, 15) is 13.6 Å². The van der Waals surface area contributed by atoms with Gasteiger partial charge in [-0.2, -0.15) is 4.68 Å². The standard InChI is InChI=1S/C17H18F2N4O2S/c1-2-13-20-17-23(21-13)16(24)15(26-17)14(22-5-7-25-8-6-22)10-3-4-11(18)12(19)9-10/h3-4,9,14-15H,2,5-8H2,1H3. The highest BCUT2D eigenvalue weighted by Gasteiger charge is 2.43. The Hall–Kier alpha value is -1.84. The van der Waals surface area contributed by atoms with Crippen molar-refractivity contribution in [3.05, 3.63) is 41.2 Å². The Morgan fingerprint density at radius 1 is 1.31 bits per heavy atom. The molecule has 4 rings (SSSR count). The number of fused-ring (bicyclic) bond motifs is 1. The van der Waals surface area contributed by atoms with Crippen molar-refractivity contribution in [2.45, 2.75) is 29.8 Å². The van der Waals surface area contributed by atoms with Gasteiger partial charge >= 0.3 is 0 Å². The minimum absolute atomic E-state index is 0.182. The molecular weight excluding hydrogens is 362 g/mol. The van der Waals surface area contributed by atoms with Gasteiger partial charge in [-0.3, -0.25) is 9.69 Å². The minimum Gasteiger partial charge on any atom is -0.379 e. The Bertz CT molecular complexity index is 838. The molecule has 1 saturated heterocycles. The molecule has 0 spiro atoms. The molecule has 6 nitrogen and oxygen atoms in total. The summed E-state index contributed by atoms with van der Waals surface area (Å²) in [6.45, 7) is 4.23. The number of morpholine rings is 1. The van der Waals surface area contributed by atoms with Gasteiger partial charge in [0.15, 0.2) is 22.6 Å². The van der Waals surface area contributed by atoms with Crippen LogP contribution >= 0.6 is 11.8 Å². The molecule has 0 radical (unpaired) electrons. The highest BCUT2D eigenvalue weighted by molar-refractivity contribution is 8.00. The molecule has 0 saturated carbocycles. The van der Waals surface area contributed by atoms with E-state index in [2.05, 4.69) is 15.0 Å². The molecule has 9 heteroatoms. The van der Waals surface area contributed by atoms with E-state index in [-0.39, 0.29) is 5.91 Å². The Labute approximate surface area is 153 Å². The number of hydrogen-bond donors (Lipinski definition) is 0. The van der Waals surface area contributed by atoms with Gasteiger partial charge in [0.1, 0.15) is 5.25 Å². The Balaban J connectivity index is 1.70. The Morgan fingerprint density at radius 3 is 2.73 bits per heavy atom. The first kappa shape index (κ1) is 17.6. The van der Waals surface area contributed by atoms with E-state index in [1.807, 2.05) is 6.92 Å². The SMILES string of the molecule is CCc1nc2n(n1)C(=O)C(C(c1ccc(F)c(F)c1)N1CCOCC1)S2. The van der Waals surface area contributed by atoms with Gasteiger partial charge in [-0.15, -0.1) is 5.10 Å². The summed E-state index contributed by atoms with van der Waals surface area (Å²) in [7, 11) is 0. The van der Waals surface area contributed by atoms with Crippen molar-refractivity contribution in [2.75, 3.05) is 26.3 Å². The van der Waals surface area contributed by atoms with Crippen LogP contribution in [-0.4, -0.2) is 57.1 Å². The molecule has 3 heterocycles. The molecule has 0 aliphatic carbocycles. The zero-order valence-corrected chi connectivity index (χ0v) is 15.0. The minimum atomic E-state index is -0.916. The van der Waals surface area contributed by atoms with Crippen LogP contribution in [0.1, 0.15) is 29.1 Å². The van der Waals surface area contributed by atoms with Gasteiger partial charge in [-0.05, 0) is 17.7 Å². The van der Waals surface area contributed by atoms with Gasteiger partial charge in [0.2, 0.25) is 0 Å². The van der Waals surface area contributed by atoms with Crippen LogP contribution in [-0.2, 0) is 11.2 Å². The fourth-order valence-corrected chi connectivity index (χ4v) is 4.60. The van der Waals surface area contributed by atoms with Crippen molar-refractivity contribution in [3.63, 3.8) is 0 Å². The van der Waals surface area contributed by atoms with Crippen molar-refractivity contribution in [1.82, 2.24) is 19.7 Å². The van der Waals surface area contributed by atoms with Crippen molar-refractivity contribution in [2.24, 2.45) is 0 Å². The number of carbonyl (C=O) groups excluding carboxylic acids is 1. The Morgan fingerprint density at radius 2 is 2.08 bits per heavy atom. The normalized spacial score (nSPS) is 21.8. The predicted octanol–water partition coefficient (Wildman–Crippen LogP) is 2.31. The molecule has 1 aromatic carbocycles. The van der Waals surface area contributed by atoms with Crippen LogP contribution in [0.3, 0.4) is 0 Å². The number of nitrogens with zero attached hydrogens (tertiary/aromatic N) is 4. The highest BCUT2D eigenvalue weighted by atomic mass is 32.2. The highest BCUT2D eigenvalue weighted by Crippen LogP contribution is 2.41. The van der Waals surface area contributed by atoms with Crippen LogP contribution < -0.4 is 0 Å². The third-order valence-corrected chi connectivity index (χ3v) is 5.82. The molecule has 1 aromatic heterocycles. The molecule has 138 valence electrons. The number of aryl methyl sites for hydroxylation is 1. The molecule has 2 aliphatic rings. The van der Waals surface area contributed by atoms with Crippen LogP contribution in [0.5, 0.6) is 0 Å². The molecular formula is C17H18F2N4O2S. The lowest BCUT2D eigenvalue weighted by atomic mass is 10.00. The van der Waals surface area contributed by atoms with Crippen LogP contribution in [0.4, 0.5) is 8.78 Å². The topological polar surface area (TPSA) is 60.2 Å². The van der Waals surface area contributed by atoms with E-state index >= 15 is 0 Å². The summed E-state index contributed by atoms with van der Waals surface area (Å²) in [5.74, 6) is -1.38. The van der Waals surface area contributed by atoms with Crippen LogP contribution in [0, 0.1) is 11.6 Å². The van der Waals surface area contributed by atoms with Gasteiger partial charge in [0, 0.05) is 19.5 Å². The lowest BCUT2D eigenvalue weighted by Gasteiger charge is -2.36. The maximum absolute atomic E-state index is 13.9. The first-order chi connectivity index (χ1) is 12.6. The smallest absolute Gasteiger partial charge is 0.264 e. The summed E-state index contributed by atoms with van der Waals surface area (Å²) in [6, 6.07) is 3.42. The van der Waals surface area contributed by atoms with E-state index in [4.69, 9.17) is 4.74 Å². The average Bonchev–Trinajstić information content (AvgIpc) is 3.19. The second-order valence-corrected chi connectivity index (χ2v) is 7.33. The largest absolute Gasteiger partial charge is 0.379 e. The predicted molar refractivity (Wildman–Crippen MR) is 91.2 cm³/mol. The van der Waals surface area contributed by atoms with Crippen LogP contribution in [0.15, 0.2) is 23.4 Å². The van der Waals surface area contributed by atoms with Gasteiger partial charge in [-0.1, -0.05) is 24.8 Å². The molecule has 1 fully saturated rings. The number of carbonyl (C=O) groups is 1. The molecule has 2 aliphatic heterocycles. The lowest BCUT2D eigenvalue weighted by molar-refractivity contribution is 0.0151. The van der Waals surface area contributed by atoms with E-state index < -0.39 is 22.9 Å². The second kappa shape index (κ2) is 7.05. The van der Waals surface area contributed by atoms with E-state index in [0.29, 0.717) is 49.3 Å². The first-order valence-electron chi connectivity index (χ1n) is 8.52. The average molecular weight is 380 g/mol. The number of benzene rings is 1. The number of aromatic nitrogens is 3. The lowest BCUT2D eigenvalue weighted by Crippen LogP contribution is -2.44. The molecule has 2 aromatic rings. The maximum Gasteiger partial charge on any atom is 0.264 e. The van der Waals surface area contributed by atoms with Gasteiger partial charge in [0.05, 0.1) is 19.3 Å². The summed E-state index contributed by atoms with van der Waals surface area (Å²) < 4.78 is 34.0. The quantitative estimate of drug-likeness (QED) is 0.811. The summed E-state index contributed by atoms with van der Waals surface area (Å²) in [5.41, 5.74) is 0.568. The zero-order chi connectivity index (χ0) is 18.3. The molecule has 2 unspecified atom stereocenters. The van der Waals surface area contributed by atoms with E-state index in [1.54, 1.807) is 6.07 Å². The van der Waals surface area contributed by atoms with Crippen molar-refractivity contribution in [1.29, 1.82) is 0 Å². The summed E-state index contributed by atoms with van der Waals surface area (Å²) in [6.07, 6.45) is 0.647. The maximum atomic E-state index is 13.9. The monoisotopic (exact) mass is 380 g/mol. The van der Waals surface area contributed by atoms with Crippen molar-refractivity contribution in [3.8, 4) is 0 Å². The number of thioether (sulfide) groups is 1. The number of ether oxygens (including phenoxy) is 1. The molecule has 2 atom stereocenters. The van der Waals surface area contributed by atoms with Crippen LogP contribution in [0.2, 0.25) is 0 Å². The van der Waals surface area contributed by atoms with Gasteiger partial charge < -0.3 is 4.74 Å². The molecule has 0 bridgehead atoms. The number of halogens is 2. The first-order valence-corrected chi connectivity index (χ1v) is 9.40. The second-order valence-electron chi connectivity index (χ2n) is 6.22. The Kier molecular flexibility index (Phi) is 4.76. The third kappa shape index (κ3) is 3.04. The van der Waals surface area contributed by atoms with Crippen molar-refractivity contribution >= 4 is 17.7 Å². The molecule has 0 N–H and O–H groups in total. The molecule has 0 amide bonds. The van der Waals surface area contributed by atoms with E-state index in [0.717, 1.165) is 6.07 Å². The summed E-state index contributed by atoms with van der Waals surface area (Å²) in [4.78, 5) is 19.4. The fraction of sp³-hybridized carbons (Fsp3) is 0.471. The van der Waals surface area contributed by atoms with Crippen LogP contribution in [0.25, 0.3) is 0 Å². The summed E-state index contributed by atoms with van der Waals surface area (Å²) in [5, 5.41) is 4.29. The third-order valence-electron chi connectivity index (χ3n) is 4.63. The fourth-order valence-electron chi connectivity index (χ4n) is 3.32. The van der Waals surface area contributed by atoms with E-state index in [1.165, 1.54) is 22.5 Å². The zero-order valence-electron chi connectivity index (χ0n) is 14.2. The number of hydrogen-bond acceptors (Lipinski definition) is 6. The number of rotatable bonds is 4. The van der Waals surface area contributed by atoms with Gasteiger partial charge in [0.25, 0.3) is 5.91 Å². The summed E-state index contributed by atoms with van der Waals surface area (Å²) >= 11 is 1.33. The van der Waals surface area contributed by atoms with Gasteiger partial charge in [-0.25, -0.2) is 13.8 Å².